The Morgan fingerprint density at radius 1 is 1.00 bits per heavy atom. The number of carbonyl (C=O) groups excluding carboxylic acids is 4. The predicted molar refractivity (Wildman–Crippen MR) is 143 cm³/mol. The Bertz CT molecular complexity index is 1150. The minimum Gasteiger partial charge on any atom is -0.378 e. The van der Waals surface area contributed by atoms with Crippen LogP contribution in [-0.2, 0) is 9.59 Å². The van der Waals surface area contributed by atoms with Gasteiger partial charge < -0.3 is 25.3 Å². The van der Waals surface area contributed by atoms with Crippen molar-refractivity contribution in [3.05, 3.63) is 60.2 Å². The van der Waals surface area contributed by atoms with E-state index in [1.165, 1.54) is 4.90 Å². The molecule has 2 N–H and O–H groups in total. The van der Waals surface area contributed by atoms with Crippen LogP contribution in [0.1, 0.15) is 37.0 Å². The number of benzene rings is 2. The number of likely N-dealkylation sites (tertiary alicyclic amines) is 2. The van der Waals surface area contributed by atoms with E-state index in [4.69, 9.17) is 0 Å². The van der Waals surface area contributed by atoms with E-state index in [2.05, 4.69) is 10.6 Å². The number of nitrogens with zero attached hydrogens (tertiary/aromatic N) is 3. The first kappa shape index (κ1) is 26.2. The quantitative estimate of drug-likeness (QED) is 0.603. The Labute approximate surface area is 217 Å². The molecule has 9 heteroatoms. The van der Waals surface area contributed by atoms with E-state index < -0.39 is 12.1 Å². The summed E-state index contributed by atoms with van der Waals surface area (Å²) in [6.45, 7) is 4.29. The molecule has 2 aromatic rings. The number of urea groups is 1. The summed E-state index contributed by atoms with van der Waals surface area (Å²) in [7, 11) is 3.85. The molecular formula is C28H35N5O4. The Morgan fingerprint density at radius 2 is 1.68 bits per heavy atom. The van der Waals surface area contributed by atoms with Crippen molar-refractivity contribution >= 4 is 35.0 Å². The molecule has 0 bridgehead atoms. The fourth-order valence-corrected chi connectivity index (χ4v) is 5.10. The van der Waals surface area contributed by atoms with Crippen molar-refractivity contribution in [2.75, 3.05) is 37.4 Å². The fraction of sp³-hybridized carbons (Fsp3) is 0.429. The SMILES string of the molecule is CC(C)CC(NC(=O)c1ccc(N(C)C)cc1)C(=O)N1CCC2C1C(=O)CN2C(=O)Nc1ccccc1. The van der Waals surface area contributed by atoms with Crippen LogP contribution in [-0.4, -0.2) is 78.7 Å². The van der Waals surface area contributed by atoms with Crippen molar-refractivity contribution < 1.29 is 19.2 Å². The van der Waals surface area contributed by atoms with Gasteiger partial charge in [0.15, 0.2) is 5.78 Å². The van der Waals surface area contributed by atoms with Crippen LogP contribution in [0, 0.1) is 5.92 Å². The number of hydrogen-bond donors (Lipinski definition) is 2. The van der Waals surface area contributed by atoms with E-state index in [-0.39, 0.29) is 42.1 Å². The van der Waals surface area contributed by atoms with Gasteiger partial charge in [0, 0.05) is 37.6 Å². The van der Waals surface area contributed by atoms with Crippen LogP contribution < -0.4 is 15.5 Å². The molecule has 2 aromatic carbocycles. The second-order valence-electron chi connectivity index (χ2n) is 10.3. The largest absolute Gasteiger partial charge is 0.378 e. The Balaban J connectivity index is 1.46. The summed E-state index contributed by atoms with van der Waals surface area (Å²) in [6, 6.07) is 14.0. The number of amides is 4. The van der Waals surface area contributed by atoms with Crippen molar-refractivity contribution in [3.8, 4) is 0 Å². The maximum absolute atomic E-state index is 13.7. The third-order valence-corrected chi connectivity index (χ3v) is 6.95. The summed E-state index contributed by atoms with van der Waals surface area (Å²) in [4.78, 5) is 57.7. The molecule has 3 unspecified atom stereocenters. The van der Waals surface area contributed by atoms with E-state index in [1.54, 1.807) is 29.2 Å². The Kier molecular flexibility index (Phi) is 7.80. The zero-order valence-electron chi connectivity index (χ0n) is 21.8. The zero-order valence-corrected chi connectivity index (χ0v) is 21.8. The lowest BCUT2D eigenvalue weighted by molar-refractivity contribution is -0.138. The number of carbonyl (C=O) groups is 4. The van der Waals surface area contributed by atoms with Crippen LogP contribution >= 0.6 is 0 Å². The lowest BCUT2D eigenvalue weighted by Crippen LogP contribution is -2.53. The molecule has 4 rings (SSSR count). The third-order valence-electron chi connectivity index (χ3n) is 6.95. The lowest BCUT2D eigenvalue weighted by atomic mass is 10.0. The molecule has 2 aliphatic rings. The van der Waals surface area contributed by atoms with Crippen molar-refractivity contribution in [2.24, 2.45) is 5.92 Å². The summed E-state index contributed by atoms with van der Waals surface area (Å²) in [5, 5.41) is 5.74. The molecule has 2 heterocycles. The number of nitrogens with one attached hydrogen (secondary N) is 2. The summed E-state index contributed by atoms with van der Waals surface area (Å²) < 4.78 is 0. The molecule has 9 nitrogen and oxygen atoms in total. The van der Waals surface area contributed by atoms with E-state index in [1.807, 2.05) is 63.2 Å². The summed E-state index contributed by atoms with van der Waals surface area (Å²) >= 11 is 0. The second kappa shape index (κ2) is 11.0. The minimum absolute atomic E-state index is 0.0444. The highest BCUT2D eigenvalue weighted by Crippen LogP contribution is 2.31. The van der Waals surface area contributed by atoms with Crippen LogP contribution in [0.25, 0.3) is 0 Å². The normalized spacial score (nSPS) is 19.5. The maximum Gasteiger partial charge on any atom is 0.322 e. The fourth-order valence-electron chi connectivity index (χ4n) is 5.10. The molecular weight excluding hydrogens is 470 g/mol. The summed E-state index contributed by atoms with van der Waals surface area (Å²) in [5.41, 5.74) is 2.08. The number of anilines is 2. The molecule has 0 radical (unpaired) electrons. The van der Waals surface area contributed by atoms with Gasteiger partial charge in [-0.15, -0.1) is 0 Å². The highest BCUT2D eigenvalue weighted by molar-refractivity contribution is 6.02. The first-order valence-electron chi connectivity index (χ1n) is 12.7. The van der Waals surface area contributed by atoms with Crippen molar-refractivity contribution in [1.29, 1.82) is 0 Å². The van der Waals surface area contributed by atoms with Gasteiger partial charge in [-0.25, -0.2) is 4.79 Å². The molecule has 3 atom stereocenters. The van der Waals surface area contributed by atoms with E-state index >= 15 is 0 Å². The van der Waals surface area contributed by atoms with Crippen LogP contribution in [0.2, 0.25) is 0 Å². The zero-order chi connectivity index (χ0) is 26.7. The van der Waals surface area contributed by atoms with Gasteiger partial charge in [-0.05, 0) is 55.2 Å². The second-order valence-corrected chi connectivity index (χ2v) is 10.3. The standard InChI is InChI=1S/C28H35N5O4/c1-18(2)16-22(30-26(35)19-10-12-21(13-11-19)31(3)4)27(36)32-15-14-23-25(32)24(34)17-33(23)28(37)29-20-8-6-5-7-9-20/h5-13,18,22-23,25H,14-17H2,1-4H3,(H,29,37)(H,30,35). The first-order chi connectivity index (χ1) is 17.7. The van der Waals surface area contributed by atoms with Gasteiger partial charge in [0.25, 0.3) is 5.91 Å². The van der Waals surface area contributed by atoms with Crippen molar-refractivity contribution in [2.45, 2.75) is 44.8 Å². The molecule has 0 spiro atoms. The van der Waals surface area contributed by atoms with Crippen LogP contribution in [0.4, 0.5) is 16.2 Å². The number of rotatable bonds is 7. The van der Waals surface area contributed by atoms with E-state index in [0.29, 0.717) is 30.6 Å². The Morgan fingerprint density at radius 3 is 2.30 bits per heavy atom. The van der Waals surface area contributed by atoms with Crippen molar-refractivity contribution in [3.63, 3.8) is 0 Å². The number of fused-ring (bicyclic) bond motifs is 1. The molecule has 0 saturated carbocycles. The van der Waals surface area contributed by atoms with Gasteiger partial charge in [-0.1, -0.05) is 32.0 Å². The monoisotopic (exact) mass is 505 g/mol. The molecule has 0 aliphatic carbocycles. The average Bonchev–Trinajstić information content (AvgIpc) is 3.45. The topological polar surface area (TPSA) is 102 Å². The van der Waals surface area contributed by atoms with E-state index in [0.717, 1.165) is 5.69 Å². The third kappa shape index (κ3) is 5.76. The molecule has 2 saturated heterocycles. The summed E-state index contributed by atoms with van der Waals surface area (Å²) in [6.07, 6.45) is 0.958. The molecule has 0 aromatic heterocycles. The van der Waals surface area contributed by atoms with E-state index in [9.17, 15) is 19.2 Å². The van der Waals surface area contributed by atoms with Gasteiger partial charge in [-0.3, -0.25) is 14.4 Å². The first-order valence-corrected chi connectivity index (χ1v) is 12.7. The minimum atomic E-state index is -0.764. The molecule has 2 aliphatic heterocycles. The van der Waals surface area contributed by atoms with Crippen LogP contribution in [0.5, 0.6) is 0 Å². The van der Waals surface area contributed by atoms with Crippen molar-refractivity contribution in [1.82, 2.24) is 15.1 Å². The smallest absolute Gasteiger partial charge is 0.322 e. The number of Topliss-reactive ketones (excluding diaryl/α,β-unsaturated/α-hetero) is 1. The van der Waals surface area contributed by atoms with Crippen LogP contribution in [0.3, 0.4) is 0 Å². The maximum atomic E-state index is 13.7. The molecule has 196 valence electrons. The van der Waals surface area contributed by atoms with Gasteiger partial charge >= 0.3 is 6.03 Å². The number of hydrogen-bond acceptors (Lipinski definition) is 5. The van der Waals surface area contributed by atoms with Gasteiger partial charge in [0.05, 0.1) is 12.6 Å². The van der Waals surface area contributed by atoms with Gasteiger partial charge in [0.1, 0.15) is 12.1 Å². The van der Waals surface area contributed by atoms with Crippen LogP contribution in [0.15, 0.2) is 54.6 Å². The average molecular weight is 506 g/mol. The highest BCUT2D eigenvalue weighted by Gasteiger charge is 2.52. The number of ketones is 1. The molecule has 2 fully saturated rings. The Hall–Kier alpha value is -3.88. The molecule has 4 amide bonds. The summed E-state index contributed by atoms with van der Waals surface area (Å²) in [5.74, 6) is -0.621. The highest BCUT2D eigenvalue weighted by atomic mass is 16.2. The lowest BCUT2D eigenvalue weighted by Gasteiger charge is -2.29. The van der Waals surface area contributed by atoms with Gasteiger partial charge in [-0.2, -0.15) is 0 Å². The number of para-hydroxylation sites is 1. The molecule has 37 heavy (non-hydrogen) atoms. The predicted octanol–water partition coefficient (Wildman–Crippen LogP) is 2.98. The van der Waals surface area contributed by atoms with Gasteiger partial charge in [0.2, 0.25) is 5.91 Å².